The molecule has 1 aliphatic heterocycles. The zero-order valence-corrected chi connectivity index (χ0v) is 11.3. The van der Waals surface area contributed by atoms with Crippen molar-refractivity contribution in [2.24, 2.45) is 5.92 Å². The number of rotatable bonds is 3. The summed E-state index contributed by atoms with van der Waals surface area (Å²) < 4.78 is 1.12. The molecule has 0 unspecified atom stereocenters. The normalized spacial score (nSPS) is 16.9. The zero-order valence-electron chi connectivity index (χ0n) is 10.5. The number of hydrogen-bond donors (Lipinski definition) is 1. The monoisotopic (exact) mass is 277 g/mol. The molecule has 100 valence electrons. The fourth-order valence-corrected chi connectivity index (χ4v) is 3.46. The predicted octanol–water partition coefficient (Wildman–Crippen LogP) is 2.38. The number of carboxylic acid groups (broad SMARTS) is 1. The molecule has 3 heterocycles. The van der Waals surface area contributed by atoms with Crippen molar-refractivity contribution < 1.29 is 9.90 Å². The van der Waals surface area contributed by atoms with Gasteiger partial charge in [0.25, 0.3) is 0 Å². The van der Waals surface area contributed by atoms with E-state index in [1.807, 2.05) is 11.4 Å². The number of carbonyl (C=O) groups is 1. The Morgan fingerprint density at radius 1 is 1.42 bits per heavy atom. The lowest BCUT2D eigenvalue weighted by Crippen LogP contribution is -2.34. The Labute approximate surface area is 114 Å². The van der Waals surface area contributed by atoms with E-state index in [4.69, 9.17) is 5.11 Å². The predicted molar refractivity (Wildman–Crippen MR) is 74.6 cm³/mol. The molecule has 0 amide bonds. The molecule has 0 bridgehead atoms. The highest BCUT2D eigenvalue weighted by atomic mass is 32.1. The molecule has 2 aromatic rings. The molecule has 1 fully saturated rings. The van der Waals surface area contributed by atoms with Gasteiger partial charge in [-0.3, -0.25) is 4.79 Å². The molecule has 1 N–H and O–H groups in total. The van der Waals surface area contributed by atoms with Gasteiger partial charge in [-0.15, -0.1) is 11.3 Å². The van der Waals surface area contributed by atoms with Gasteiger partial charge in [0.15, 0.2) is 0 Å². The molecule has 2 aromatic heterocycles. The topological polar surface area (TPSA) is 66.3 Å². The lowest BCUT2D eigenvalue weighted by atomic mass is 9.94. The van der Waals surface area contributed by atoms with E-state index in [1.54, 1.807) is 17.7 Å². The van der Waals surface area contributed by atoms with Crippen LogP contribution in [0, 0.1) is 5.92 Å². The highest BCUT2D eigenvalue weighted by molar-refractivity contribution is 7.17. The molecule has 0 radical (unpaired) electrons. The summed E-state index contributed by atoms with van der Waals surface area (Å²) >= 11 is 1.66. The Balaban J connectivity index is 1.75. The maximum atomic E-state index is 10.7. The number of nitrogens with zero attached hydrogens (tertiary/aromatic N) is 3. The largest absolute Gasteiger partial charge is 0.481 e. The van der Waals surface area contributed by atoms with Crippen molar-refractivity contribution in [2.45, 2.75) is 19.3 Å². The van der Waals surface area contributed by atoms with E-state index in [2.05, 4.69) is 14.9 Å². The summed E-state index contributed by atoms with van der Waals surface area (Å²) in [4.78, 5) is 21.6. The van der Waals surface area contributed by atoms with Crippen LogP contribution in [-0.2, 0) is 4.79 Å². The Morgan fingerprint density at radius 3 is 2.95 bits per heavy atom. The summed E-state index contributed by atoms with van der Waals surface area (Å²) in [6.45, 7) is 1.75. The van der Waals surface area contributed by atoms with Crippen LogP contribution in [0.3, 0.4) is 0 Å². The Bertz CT molecular complexity index is 590. The minimum Gasteiger partial charge on any atom is -0.481 e. The second kappa shape index (κ2) is 5.13. The van der Waals surface area contributed by atoms with Crippen LogP contribution < -0.4 is 4.90 Å². The minimum atomic E-state index is -0.693. The molecule has 0 aliphatic carbocycles. The number of aliphatic carboxylic acids is 1. The van der Waals surface area contributed by atoms with Crippen LogP contribution in [0.4, 0.5) is 5.82 Å². The number of carboxylic acids is 1. The lowest BCUT2D eigenvalue weighted by molar-refractivity contribution is -0.138. The number of piperidine rings is 1. The third-order valence-corrected chi connectivity index (χ3v) is 4.50. The second-order valence-corrected chi connectivity index (χ2v) is 5.78. The molecule has 19 heavy (non-hydrogen) atoms. The summed E-state index contributed by atoms with van der Waals surface area (Å²) in [6, 6.07) is 2.00. The van der Waals surface area contributed by atoms with Gasteiger partial charge in [0, 0.05) is 19.5 Å². The van der Waals surface area contributed by atoms with E-state index in [-0.39, 0.29) is 6.42 Å². The van der Waals surface area contributed by atoms with Gasteiger partial charge in [0.2, 0.25) is 0 Å². The molecule has 1 aliphatic rings. The summed E-state index contributed by atoms with van der Waals surface area (Å²) in [5.74, 6) is 0.601. The van der Waals surface area contributed by atoms with Crippen molar-refractivity contribution in [3.8, 4) is 0 Å². The summed E-state index contributed by atoms with van der Waals surface area (Å²) in [7, 11) is 0. The van der Waals surface area contributed by atoms with Crippen molar-refractivity contribution in [2.75, 3.05) is 18.0 Å². The van der Waals surface area contributed by atoms with Crippen molar-refractivity contribution in [3.05, 3.63) is 17.8 Å². The van der Waals surface area contributed by atoms with E-state index < -0.39 is 5.97 Å². The van der Waals surface area contributed by atoms with Crippen molar-refractivity contribution in [3.63, 3.8) is 0 Å². The van der Waals surface area contributed by atoms with E-state index in [0.717, 1.165) is 42.0 Å². The van der Waals surface area contributed by atoms with Crippen LogP contribution in [0.25, 0.3) is 10.2 Å². The van der Waals surface area contributed by atoms with Crippen molar-refractivity contribution >= 4 is 33.3 Å². The van der Waals surface area contributed by atoms with Crippen LogP contribution in [0.15, 0.2) is 17.8 Å². The van der Waals surface area contributed by atoms with Gasteiger partial charge in [-0.1, -0.05) is 0 Å². The van der Waals surface area contributed by atoms with Crippen LogP contribution in [0.1, 0.15) is 19.3 Å². The number of anilines is 1. The van der Waals surface area contributed by atoms with Crippen molar-refractivity contribution in [1.82, 2.24) is 9.97 Å². The molecular formula is C13H15N3O2S. The van der Waals surface area contributed by atoms with Crippen molar-refractivity contribution in [1.29, 1.82) is 0 Å². The van der Waals surface area contributed by atoms with Gasteiger partial charge in [0.05, 0.1) is 10.2 Å². The second-order valence-electron chi connectivity index (χ2n) is 4.86. The fourth-order valence-electron chi connectivity index (χ4n) is 2.60. The van der Waals surface area contributed by atoms with Gasteiger partial charge < -0.3 is 10.0 Å². The Kier molecular flexibility index (Phi) is 3.33. The number of aromatic nitrogens is 2. The molecule has 0 atom stereocenters. The molecule has 1 saturated heterocycles. The highest BCUT2D eigenvalue weighted by Crippen LogP contribution is 2.31. The first-order valence-electron chi connectivity index (χ1n) is 6.39. The fraction of sp³-hybridized carbons (Fsp3) is 0.462. The lowest BCUT2D eigenvalue weighted by Gasteiger charge is -2.32. The minimum absolute atomic E-state index is 0.284. The first kappa shape index (κ1) is 12.3. The van der Waals surface area contributed by atoms with E-state index in [0.29, 0.717) is 5.92 Å². The number of thiophene rings is 1. The first-order valence-corrected chi connectivity index (χ1v) is 7.27. The average Bonchev–Trinajstić information content (AvgIpc) is 2.87. The quantitative estimate of drug-likeness (QED) is 0.933. The van der Waals surface area contributed by atoms with Gasteiger partial charge in [0.1, 0.15) is 12.1 Å². The smallest absolute Gasteiger partial charge is 0.303 e. The van der Waals surface area contributed by atoms with Crippen LogP contribution in [-0.4, -0.2) is 34.1 Å². The Morgan fingerprint density at radius 2 is 2.21 bits per heavy atom. The molecule has 3 rings (SSSR count). The SMILES string of the molecule is O=C(O)CC1CCN(c2ncnc3ccsc23)CC1. The molecule has 0 saturated carbocycles. The third-order valence-electron chi connectivity index (χ3n) is 3.60. The molecular weight excluding hydrogens is 262 g/mol. The van der Waals surface area contributed by atoms with E-state index in [9.17, 15) is 4.79 Å². The number of fused-ring (bicyclic) bond motifs is 1. The zero-order chi connectivity index (χ0) is 13.2. The average molecular weight is 277 g/mol. The summed E-state index contributed by atoms with van der Waals surface area (Å²) in [5.41, 5.74) is 0.989. The van der Waals surface area contributed by atoms with Crippen LogP contribution >= 0.6 is 11.3 Å². The summed E-state index contributed by atoms with van der Waals surface area (Å²) in [5, 5.41) is 10.9. The van der Waals surface area contributed by atoms with Crippen LogP contribution in [0.2, 0.25) is 0 Å². The number of hydrogen-bond acceptors (Lipinski definition) is 5. The highest BCUT2D eigenvalue weighted by Gasteiger charge is 2.23. The molecule has 0 spiro atoms. The summed E-state index contributed by atoms with van der Waals surface area (Å²) in [6.07, 6.45) is 3.73. The van der Waals surface area contributed by atoms with Gasteiger partial charge in [-0.25, -0.2) is 9.97 Å². The maximum absolute atomic E-state index is 10.7. The first-order chi connectivity index (χ1) is 9.24. The maximum Gasteiger partial charge on any atom is 0.303 e. The standard InChI is InChI=1S/C13H15N3O2S/c17-11(18)7-9-1-4-16(5-2-9)13-12-10(3-6-19-12)14-8-15-13/h3,6,8-9H,1-2,4-5,7H2,(H,17,18). The van der Waals surface area contributed by atoms with E-state index in [1.165, 1.54) is 0 Å². The Hall–Kier alpha value is -1.69. The van der Waals surface area contributed by atoms with E-state index >= 15 is 0 Å². The van der Waals surface area contributed by atoms with Crippen LogP contribution in [0.5, 0.6) is 0 Å². The molecule has 5 nitrogen and oxygen atoms in total. The van der Waals surface area contributed by atoms with Gasteiger partial charge in [-0.05, 0) is 30.2 Å². The van der Waals surface area contributed by atoms with Gasteiger partial charge >= 0.3 is 5.97 Å². The molecule has 6 heteroatoms. The molecule has 0 aromatic carbocycles. The van der Waals surface area contributed by atoms with Gasteiger partial charge in [-0.2, -0.15) is 0 Å². The third kappa shape index (κ3) is 2.53.